The third kappa shape index (κ3) is 6.70. The molecule has 0 fully saturated rings. The van der Waals surface area contributed by atoms with E-state index in [1.54, 1.807) is 0 Å². The average Bonchev–Trinajstić information content (AvgIpc) is 3.91. The molecule has 5 nitrogen and oxygen atoms in total. The molecule has 0 aliphatic carbocycles. The van der Waals surface area contributed by atoms with Crippen molar-refractivity contribution in [2.75, 3.05) is 10.1 Å². The fourth-order valence-electron chi connectivity index (χ4n) is 10.2. The number of rotatable bonds is 10. The van der Waals surface area contributed by atoms with Crippen LogP contribution < -0.4 is 10.1 Å². The Kier molecular flexibility index (Phi) is 10.1. The molecule has 1 aliphatic rings. The van der Waals surface area contributed by atoms with E-state index in [1.165, 1.54) is 33.0 Å². The van der Waals surface area contributed by atoms with E-state index < -0.39 is 5.41 Å². The van der Waals surface area contributed by atoms with E-state index >= 15 is 0 Å². The zero-order valence-corrected chi connectivity index (χ0v) is 37.1. The topological polar surface area (TPSA) is 33.5 Å². The van der Waals surface area contributed by atoms with Gasteiger partial charge in [-0.1, -0.05) is 179 Å². The number of para-hydroxylation sites is 4. The maximum Gasteiger partial charge on any atom is 0.138 e. The Morgan fingerprint density at radius 2 is 0.954 bits per heavy atom. The summed E-state index contributed by atoms with van der Waals surface area (Å²) in [5.41, 5.74) is 15.0. The zero-order valence-electron chi connectivity index (χ0n) is 37.1. The van der Waals surface area contributed by atoms with Gasteiger partial charge in [-0.3, -0.25) is 4.57 Å². The van der Waals surface area contributed by atoms with Gasteiger partial charge in [-0.15, -0.1) is 4.94 Å². The van der Waals surface area contributed by atoms with Crippen LogP contribution in [0.4, 0.5) is 22.7 Å². The standard InChI is InChI=1S/C60H50N4O/c1-41(2)50-29-19-30-51(42(3)4)59(50)43-36-37-61-58(38-43)62-54-31-15-14-28-52(54)53-35-34-47(40-57(53)62)60(44-20-8-5-9-21-44,45-22-10-6-11-23-45)46-24-18-27-49(39-46)64-56-33-17-16-32-55(56)63(65-64)48-25-12-7-13-26-48/h5-42H,1-4H3. The number of hydrogen-bond acceptors (Lipinski definition) is 4. The second-order valence-electron chi connectivity index (χ2n) is 17.6. The van der Waals surface area contributed by atoms with Gasteiger partial charge in [0.1, 0.15) is 5.82 Å². The predicted octanol–water partition coefficient (Wildman–Crippen LogP) is 15.6. The summed E-state index contributed by atoms with van der Waals surface area (Å²) in [5.74, 6) is 1.63. The maximum atomic E-state index is 6.78. The summed E-state index contributed by atoms with van der Waals surface area (Å²) < 4.78 is 2.37. The monoisotopic (exact) mass is 842 g/mol. The lowest BCUT2D eigenvalue weighted by Crippen LogP contribution is -2.31. The number of anilines is 4. The van der Waals surface area contributed by atoms with Crippen molar-refractivity contribution in [1.29, 1.82) is 0 Å². The van der Waals surface area contributed by atoms with E-state index in [0.717, 1.165) is 61.9 Å². The van der Waals surface area contributed by atoms with Crippen LogP contribution in [0, 0.1) is 0 Å². The minimum absolute atomic E-state index is 0.369. The molecule has 3 heterocycles. The molecule has 0 amide bonds. The van der Waals surface area contributed by atoms with Gasteiger partial charge in [0.05, 0.1) is 39.2 Å². The zero-order chi connectivity index (χ0) is 44.1. The highest BCUT2D eigenvalue weighted by atomic mass is 16.8. The van der Waals surface area contributed by atoms with Crippen LogP contribution in [-0.2, 0) is 10.4 Å². The molecule has 0 saturated carbocycles. The molecular weight excluding hydrogens is 793 g/mol. The van der Waals surface area contributed by atoms with Gasteiger partial charge in [-0.2, -0.15) is 10.1 Å². The van der Waals surface area contributed by atoms with Crippen LogP contribution >= 0.6 is 0 Å². The lowest BCUT2D eigenvalue weighted by Gasteiger charge is -2.37. The van der Waals surface area contributed by atoms with E-state index in [-0.39, 0.29) is 0 Å². The number of benzene rings is 8. The van der Waals surface area contributed by atoms with Crippen LogP contribution in [0.2, 0.25) is 0 Å². The highest BCUT2D eigenvalue weighted by Crippen LogP contribution is 2.50. The molecule has 5 heteroatoms. The number of aromatic nitrogens is 2. The Hall–Kier alpha value is -7.73. The number of nitrogens with zero attached hydrogens (tertiary/aromatic N) is 4. The summed E-state index contributed by atoms with van der Waals surface area (Å²) in [6.45, 7) is 9.16. The van der Waals surface area contributed by atoms with Gasteiger partial charge in [0.25, 0.3) is 0 Å². The second-order valence-corrected chi connectivity index (χ2v) is 17.6. The van der Waals surface area contributed by atoms with Crippen molar-refractivity contribution in [3.05, 3.63) is 252 Å². The lowest BCUT2D eigenvalue weighted by atomic mass is 9.65. The molecule has 0 spiro atoms. The van der Waals surface area contributed by atoms with Crippen molar-refractivity contribution in [3.63, 3.8) is 0 Å². The molecule has 8 aromatic carbocycles. The first-order valence-electron chi connectivity index (χ1n) is 22.7. The average molecular weight is 843 g/mol. The summed E-state index contributed by atoms with van der Waals surface area (Å²) in [5, 5.41) is 6.22. The van der Waals surface area contributed by atoms with Gasteiger partial charge in [-0.25, -0.2) is 4.98 Å². The molecule has 316 valence electrons. The van der Waals surface area contributed by atoms with E-state index in [2.05, 4.69) is 226 Å². The number of hydrogen-bond donors (Lipinski definition) is 0. The Labute approximate surface area is 381 Å². The molecule has 11 rings (SSSR count). The van der Waals surface area contributed by atoms with Gasteiger partial charge < -0.3 is 0 Å². The molecule has 2 aromatic heterocycles. The molecule has 0 bridgehead atoms. The first-order valence-corrected chi connectivity index (χ1v) is 22.7. The van der Waals surface area contributed by atoms with Crippen molar-refractivity contribution in [3.8, 4) is 16.9 Å². The summed E-state index contributed by atoms with van der Waals surface area (Å²) in [6.07, 6.45) is 1.98. The van der Waals surface area contributed by atoms with Crippen molar-refractivity contribution in [2.24, 2.45) is 0 Å². The van der Waals surface area contributed by atoms with Crippen LogP contribution in [0.3, 0.4) is 0 Å². The first-order chi connectivity index (χ1) is 31.9. The van der Waals surface area contributed by atoms with Gasteiger partial charge in [0, 0.05) is 17.0 Å². The van der Waals surface area contributed by atoms with Crippen LogP contribution in [0.25, 0.3) is 38.8 Å². The van der Waals surface area contributed by atoms with E-state index in [0.29, 0.717) is 11.8 Å². The van der Waals surface area contributed by atoms with E-state index in [1.807, 2.05) is 34.5 Å². The smallest absolute Gasteiger partial charge is 0.138 e. The highest BCUT2D eigenvalue weighted by Gasteiger charge is 2.40. The van der Waals surface area contributed by atoms with Crippen LogP contribution in [-0.4, -0.2) is 9.55 Å². The molecular formula is C60H50N4O. The van der Waals surface area contributed by atoms with Gasteiger partial charge in [0.15, 0.2) is 0 Å². The molecule has 0 N–H and O–H groups in total. The molecule has 65 heavy (non-hydrogen) atoms. The van der Waals surface area contributed by atoms with Gasteiger partial charge >= 0.3 is 0 Å². The summed E-state index contributed by atoms with van der Waals surface area (Å²) in [7, 11) is 0. The summed E-state index contributed by atoms with van der Waals surface area (Å²) >= 11 is 0. The number of pyridine rings is 1. The molecule has 0 unspecified atom stereocenters. The quantitative estimate of drug-likeness (QED) is 0.128. The van der Waals surface area contributed by atoms with Gasteiger partial charge in [0.2, 0.25) is 0 Å². The Bertz CT molecular complexity index is 3250. The predicted molar refractivity (Wildman–Crippen MR) is 269 cm³/mol. The van der Waals surface area contributed by atoms with E-state index in [9.17, 15) is 0 Å². The minimum atomic E-state index is -0.746. The fourth-order valence-corrected chi connectivity index (χ4v) is 10.2. The highest BCUT2D eigenvalue weighted by molar-refractivity contribution is 6.09. The third-order valence-corrected chi connectivity index (χ3v) is 13.1. The molecule has 0 radical (unpaired) electrons. The maximum absolute atomic E-state index is 6.78. The lowest BCUT2D eigenvalue weighted by molar-refractivity contribution is 0.156. The minimum Gasteiger partial charge on any atom is -0.294 e. The van der Waals surface area contributed by atoms with E-state index in [4.69, 9.17) is 9.92 Å². The third-order valence-electron chi connectivity index (χ3n) is 13.1. The van der Waals surface area contributed by atoms with Crippen molar-refractivity contribution >= 4 is 44.6 Å². The second kappa shape index (κ2) is 16.4. The normalized spacial score (nSPS) is 12.8. The van der Waals surface area contributed by atoms with Crippen LogP contribution in [0.1, 0.15) is 72.9 Å². The Morgan fingerprint density at radius 3 is 1.62 bits per heavy atom. The fraction of sp³-hybridized carbons (Fsp3) is 0.117. The SMILES string of the molecule is CC(C)c1cccc(C(C)C)c1-c1ccnc(-n2c3ccccc3c3ccc(C(c4ccccc4)(c4ccccc4)c4cccc(N5ON(c6ccccc6)c6ccccc65)c4)cc32)c1. The molecule has 10 aromatic rings. The number of fused-ring (bicyclic) bond motifs is 4. The first kappa shape index (κ1) is 40.1. The molecule has 0 atom stereocenters. The summed E-state index contributed by atoms with van der Waals surface area (Å²) in [4.78, 5) is 11.9. The largest absolute Gasteiger partial charge is 0.294 e. The molecule has 1 aliphatic heterocycles. The van der Waals surface area contributed by atoms with Crippen LogP contribution in [0.15, 0.2) is 219 Å². The van der Waals surface area contributed by atoms with Gasteiger partial charge in [-0.05, 0) is 117 Å². The Morgan fingerprint density at radius 1 is 0.431 bits per heavy atom. The summed E-state index contributed by atoms with van der Waals surface area (Å²) in [6, 6.07) is 76.4. The van der Waals surface area contributed by atoms with Crippen molar-refractivity contribution < 1.29 is 4.94 Å². The van der Waals surface area contributed by atoms with Crippen LogP contribution in [0.5, 0.6) is 0 Å². The van der Waals surface area contributed by atoms with Crippen molar-refractivity contribution in [2.45, 2.75) is 44.9 Å². The van der Waals surface area contributed by atoms with Crippen molar-refractivity contribution in [1.82, 2.24) is 9.55 Å². The molecule has 0 saturated heterocycles. The Balaban J connectivity index is 1.15.